The highest BCUT2D eigenvalue weighted by Crippen LogP contribution is 2.30. The second-order valence-corrected chi connectivity index (χ2v) is 5.52. The van der Waals surface area contributed by atoms with Crippen molar-refractivity contribution >= 4 is 16.8 Å². The molecule has 0 unspecified atom stereocenters. The molecule has 1 aromatic heterocycles. The van der Waals surface area contributed by atoms with Gasteiger partial charge >= 0.3 is 6.18 Å². The Kier molecular flexibility index (Phi) is 4.49. The molecule has 0 atom stereocenters. The van der Waals surface area contributed by atoms with Gasteiger partial charge in [-0.2, -0.15) is 13.2 Å². The van der Waals surface area contributed by atoms with Crippen molar-refractivity contribution in [2.45, 2.75) is 39.5 Å². The number of nitrogens with one attached hydrogen (secondary N) is 1. The zero-order valence-electron chi connectivity index (χ0n) is 13.0. The molecular formula is C16H17F3N2O2. The number of carbonyl (C=O) groups is 1. The van der Waals surface area contributed by atoms with E-state index in [2.05, 4.69) is 5.32 Å². The molecule has 1 N–H and O–H groups in total. The first-order valence-electron chi connectivity index (χ1n) is 7.20. The van der Waals surface area contributed by atoms with Crippen LogP contribution < -0.4 is 10.7 Å². The molecule has 0 aliphatic rings. The number of aryl methyl sites for hydroxylation is 1. The summed E-state index contributed by atoms with van der Waals surface area (Å²) in [6, 6.07) is 2.81. The fourth-order valence-corrected chi connectivity index (χ4v) is 2.34. The first-order valence-corrected chi connectivity index (χ1v) is 7.20. The first kappa shape index (κ1) is 17.1. The molecule has 0 fully saturated rings. The summed E-state index contributed by atoms with van der Waals surface area (Å²) in [5.41, 5.74) is -1.40. The van der Waals surface area contributed by atoms with Crippen molar-refractivity contribution in [3.8, 4) is 0 Å². The number of benzene rings is 1. The molecule has 4 nitrogen and oxygen atoms in total. The second kappa shape index (κ2) is 6.06. The highest BCUT2D eigenvalue weighted by molar-refractivity contribution is 5.97. The van der Waals surface area contributed by atoms with Gasteiger partial charge in [-0.1, -0.05) is 0 Å². The molecule has 1 amide bonds. The normalized spacial score (nSPS) is 12.0. The Morgan fingerprint density at radius 1 is 1.30 bits per heavy atom. The number of nitrogens with zero attached hydrogens (tertiary/aromatic N) is 1. The molecular weight excluding hydrogens is 309 g/mol. The van der Waals surface area contributed by atoms with Crippen molar-refractivity contribution in [2.75, 3.05) is 0 Å². The summed E-state index contributed by atoms with van der Waals surface area (Å²) in [7, 11) is 0. The van der Waals surface area contributed by atoms with Crippen molar-refractivity contribution in [2.24, 2.45) is 0 Å². The number of carbonyl (C=O) groups excluding carboxylic acids is 1. The van der Waals surface area contributed by atoms with Crippen molar-refractivity contribution in [1.82, 2.24) is 9.88 Å². The van der Waals surface area contributed by atoms with E-state index in [1.807, 2.05) is 0 Å². The van der Waals surface area contributed by atoms with E-state index >= 15 is 0 Å². The molecule has 0 saturated carbocycles. The zero-order chi connectivity index (χ0) is 17.4. The smallest absolute Gasteiger partial charge is 0.350 e. The average molecular weight is 326 g/mol. The molecule has 0 saturated heterocycles. The predicted octanol–water partition coefficient (Wildman–Crippen LogP) is 3.18. The Morgan fingerprint density at radius 2 is 1.96 bits per heavy atom. The van der Waals surface area contributed by atoms with Gasteiger partial charge in [-0.15, -0.1) is 0 Å². The topological polar surface area (TPSA) is 51.1 Å². The van der Waals surface area contributed by atoms with Crippen molar-refractivity contribution < 1.29 is 18.0 Å². The molecule has 23 heavy (non-hydrogen) atoms. The van der Waals surface area contributed by atoms with Crippen LogP contribution in [0.2, 0.25) is 0 Å². The zero-order valence-corrected chi connectivity index (χ0v) is 13.0. The summed E-state index contributed by atoms with van der Waals surface area (Å²) < 4.78 is 40.2. The molecule has 2 rings (SSSR count). The molecule has 1 aromatic carbocycles. The van der Waals surface area contributed by atoms with E-state index < -0.39 is 23.1 Å². The summed E-state index contributed by atoms with van der Waals surface area (Å²) >= 11 is 0. The van der Waals surface area contributed by atoms with Crippen LogP contribution in [0.4, 0.5) is 13.2 Å². The first-order chi connectivity index (χ1) is 10.6. The Morgan fingerprint density at radius 3 is 2.48 bits per heavy atom. The lowest BCUT2D eigenvalue weighted by Crippen LogP contribution is -2.34. The van der Waals surface area contributed by atoms with Gasteiger partial charge in [0.2, 0.25) is 5.43 Å². The molecule has 0 aliphatic carbocycles. The van der Waals surface area contributed by atoms with Crippen LogP contribution >= 0.6 is 0 Å². The highest BCUT2D eigenvalue weighted by Gasteiger charge is 2.31. The van der Waals surface area contributed by atoms with E-state index in [9.17, 15) is 22.8 Å². The third-order valence-electron chi connectivity index (χ3n) is 3.41. The minimum Gasteiger partial charge on any atom is -0.350 e. The molecule has 2 aromatic rings. The fraction of sp³-hybridized carbons (Fsp3) is 0.375. The van der Waals surface area contributed by atoms with Crippen molar-refractivity contribution in [3.63, 3.8) is 0 Å². The van der Waals surface area contributed by atoms with E-state index in [4.69, 9.17) is 0 Å². The summed E-state index contributed by atoms with van der Waals surface area (Å²) in [5, 5.41) is 2.47. The van der Waals surface area contributed by atoms with E-state index in [1.165, 1.54) is 12.3 Å². The number of hydrogen-bond donors (Lipinski definition) is 1. The van der Waals surface area contributed by atoms with Crippen LogP contribution in [0.15, 0.2) is 29.2 Å². The number of pyridine rings is 1. The number of hydrogen-bond acceptors (Lipinski definition) is 2. The Bertz CT molecular complexity index is 807. The SMILES string of the molecule is CCn1cc(C(=O)NC(C)C)c(=O)c2cc(C(F)(F)F)ccc21. The molecule has 0 bridgehead atoms. The third-order valence-corrected chi connectivity index (χ3v) is 3.41. The van der Waals surface area contributed by atoms with Gasteiger partial charge in [-0.3, -0.25) is 9.59 Å². The number of alkyl halides is 3. The van der Waals surface area contributed by atoms with E-state index in [1.54, 1.807) is 25.3 Å². The van der Waals surface area contributed by atoms with Gasteiger partial charge in [-0.25, -0.2) is 0 Å². The van der Waals surface area contributed by atoms with Gasteiger partial charge in [-0.05, 0) is 39.0 Å². The van der Waals surface area contributed by atoms with Crippen LogP contribution in [0.25, 0.3) is 10.9 Å². The number of amides is 1. The Hall–Kier alpha value is -2.31. The predicted molar refractivity (Wildman–Crippen MR) is 81.5 cm³/mol. The van der Waals surface area contributed by atoms with Gasteiger partial charge in [0.15, 0.2) is 0 Å². The summed E-state index contributed by atoms with van der Waals surface area (Å²) in [6.45, 7) is 5.67. The molecule has 124 valence electrons. The van der Waals surface area contributed by atoms with Crippen LogP contribution in [0.5, 0.6) is 0 Å². The van der Waals surface area contributed by atoms with Crippen LogP contribution in [-0.2, 0) is 12.7 Å². The summed E-state index contributed by atoms with van der Waals surface area (Å²) in [6.07, 6.45) is -3.16. The standard InChI is InChI=1S/C16H17F3N2O2/c1-4-21-8-12(15(23)20-9(2)3)14(22)11-7-10(16(17,18)19)5-6-13(11)21/h5-9H,4H2,1-3H3,(H,20,23). The van der Waals surface area contributed by atoms with Gasteiger partial charge in [0.05, 0.1) is 11.1 Å². The number of halogens is 3. The monoisotopic (exact) mass is 326 g/mol. The third kappa shape index (κ3) is 3.38. The molecule has 1 heterocycles. The Balaban J connectivity index is 2.74. The lowest BCUT2D eigenvalue weighted by Gasteiger charge is -2.14. The van der Waals surface area contributed by atoms with Gasteiger partial charge in [0.1, 0.15) is 5.56 Å². The average Bonchev–Trinajstić information content (AvgIpc) is 2.45. The number of rotatable bonds is 3. The van der Waals surface area contributed by atoms with Crippen LogP contribution in [0, 0.1) is 0 Å². The second-order valence-electron chi connectivity index (χ2n) is 5.52. The minimum atomic E-state index is -4.55. The maximum absolute atomic E-state index is 12.9. The number of fused-ring (bicyclic) bond motifs is 1. The van der Waals surface area contributed by atoms with Gasteiger partial charge in [0, 0.05) is 24.2 Å². The molecule has 0 radical (unpaired) electrons. The Labute approximate surface area is 130 Å². The maximum atomic E-state index is 12.9. The maximum Gasteiger partial charge on any atom is 0.416 e. The van der Waals surface area contributed by atoms with Crippen LogP contribution in [0.1, 0.15) is 36.7 Å². The van der Waals surface area contributed by atoms with Crippen LogP contribution in [0.3, 0.4) is 0 Å². The highest BCUT2D eigenvalue weighted by atomic mass is 19.4. The van der Waals surface area contributed by atoms with E-state index in [-0.39, 0.29) is 17.0 Å². The lowest BCUT2D eigenvalue weighted by atomic mass is 10.1. The van der Waals surface area contributed by atoms with E-state index in [0.717, 1.165) is 12.1 Å². The molecule has 0 spiro atoms. The lowest BCUT2D eigenvalue weighted by molar-refractivity contribution is -0.137. The minimum absolute atomic E-state index is 0.113. The van der Waals surface area contributed by atoms with Crippen LogP contribution in [-0.4, -0.2) is 16.5 Å². The quantitative estimate of drug-likeness (QED) is 0.942. The fourth-order valence-electron chi connectivity index (χ4n) is 2.34. The number of aromatic nitrogens is 1. The largest absolute Gasteiger partial charge is 0.416 e. The van der Waals surface area contributed by atoms with Gasteiger partial charge in [0.25, 0.3) is 5.91 Å². The van der Waals surface area contributed by atoms with Crippen molar-refractivity contribution in [1.29, 1.82) is 0 Å². The summed E-state index contributed by atoms with van der Waals surface area (Å²) in [4.78, 5) is 24.6. The van der Waals surface area contributed by atoms with Gasteiger partial charge < -0.3 is 9.88 Å². The molecule has 7 heteroatoms. The molecule has 0 aliphatic heterocycles. The summed E-state index contributed by atoms with van der Waals surface area (Å²) in [5.74, 6) is -0.591. The van der Waals surface area contributed by atoms with Crippen molar-refractivity contribution in [3.05, 3.63) is 45.7 Å². The van der Waals surface area contributed by atoms with E-state index in [0.29, 0.717) is 12.1 Å².